The molecule has 0 fully saturated rings. The van der Waals surface area contributed by atoms with E-state index in [1.807, 2.05) is 38.1 Å². The van der Waals surface area contributed by atoms with Crippen molar-refractivity contribution in [2.75, 3.05) is 0 Å². The number of benzene rings is 1. The van der Waals surface area contributed by atoms with Gasteiger partial charge in [0.05, 0.1) is 10.9 Å². The standard InChI is InChI=1S/C8H8N2O.C2H6/c1-10-8(11)6-4-2-3-5-7(6)9-10;1-2/h2-5,9H,1H3;1-2H3. The van der Waals surface area contributed by atoms with E-state index in [1.54, 1.807) is 7.05 Å². The highest BCUT2D eigenvalue weighted by atomic mass is 16.1. The fourth-order valence-electron chi connectivity index (χ4n) is 1.18. The number of H-pyrrole nitrogens is 1. The third-order valence-electron chi connectivity index (χ3n) is 1.75. The third-order valence-corrected chi connectivity index (χ3v) is 1.75. The Morgan fingerprint density at radius 3 is 2.46 bits per heavy atom. The molecule has 2 rings (SSSR count). The van der Waals surface area contributed by atoms with E-state index in [4.69, 9.17) is 0 Å². The van der Waals surface area contributed by atoms with Crippen LogP contribution in [0.2, 0.25) is 0 Å². The Hall–Kier alpha value is -1.51. The molecule has 0 aliphatic heterocycles. The summed E-state index contributed by atoms with van der Waals surface area (Å²) in [5.74, 6) is 0. The Morgan fingerprint density at radius 1 is 1.23 bits per heavy atom. The van der Waals surface area contributed by atoms with E-state index in [2.05, 4.69) is 5.10 Å². The van der Waals surface area contributed by atoms with Gasteiger partial charge >= 0.3 is 0 Å². The number of para-hydroxylation sites is 1. The molecule has 3 heteroatoms. The van der Waals surface area contributed by atoms with E-state index in [-0.39, 0.29) is 5.56 Å². The summed E-state index contributed by atoms with van der Waals surface area (Å²) in [5, 5.41) is 3.68. The molecule has 1 N–H and O–H groups in total. The first-order valence-electron chi connectivity index (χ1n) is 4.43. The predicted octanol–water partition coefficient (Wildman–Crippen LogP) is 1.89. The number of aromatic amines is 1. The van der Waals surface area contributed by atoms with Crippen molar-refractivity contribution < 1.29 is 0 Å². The second-order valence-corrected chi connectivity index (χ2v) is 2.52. The lowest BCUT2D eigenvalue weighted by atomic mass is 10.3. The number of hydrogen-bond donors (Lipinski definition) is 1. The highest BCUT2D eigenvalue weighted by Crippen LogP contribution is 2.04. The highest BCUT2D eigenvalue weighted by molar-refractivity contribution is 5.77. The van der Waals surface area contributed by atoms with Gasteiger partial charge in [0, 0.05) is 7.05 Å². The molecule has 1 aromatic heterocycles. The number of aryl methyl sites for hydroxylation is 1. The van der Waals surface area contributed by atoms with Gasteiger partial charge in [0.1, 0.15) is 0 Å². The molecule has 0 saturated carbocycles. The normalized spacial score (nSPS) is 9.46. The van der Waals surface area contributed by atoms with Crippen LogP contribution in [0.5, 0.6) is 0 Å². The van der Waals surface area contributed by atoms with Crippen molar-refractivity contribution in [1.29, 1.82) is 0 Å². The molecular weight excluding hydrogens is 164 g/mol. The molecule has 2 aromatic rings. The molecule has 70 valence electrons. The van der Waals surface area contributed by atoms with E-state index in [1.165, 1.54) is 4.68 Å². The van der Waals surface area contributed by atoms with Crippen LogP contribution < -0.4 is 5.56 Å². The van der Waals surface area contributed by atoms with Crippen LogP contribution in [0.1, 0.15) is 13.8 Å². The van der Waals surface area contributed by atoms with Crippen LogP contribution in [0.3, 0.4) is 0 Å². The topological polar surface area (TPSA) is 37.8 Å². The Bertz CT molecular complexity index is 439. The van der Waals surface area contributed by atoms with Crippen LogP contribution in [0.25, 0.3) is 10.9 Å². The number of nitrogens with one attached hydrogen (secondary N) is 1. The molecule has 1 heterocycles. The van der Waals surface area contributed by atoms with Crippen molar-refractivity contribution >= 4 is 10.9 Å². The lowest BCUT2D eigenvalue weighted by molar-refractivity contribution is 0.751. The summed E-state index contributed by atoms with van der Waals surface area (Å²) >= 11 is 0. The van der Waals surface area contributed by atoms with Gasteiger partial charge in [0.25, 0.3) is 5.56 Å². The Balaban J connectivity index is 0.000000396. The van der Waals surface area contributed by atoms with Gasteiger partial charge in [-0.25, -0.2) is 0 Å². The first-order chi connectivity index (χ1) is 6.29. The van der Waals surface area contributed by atoms with Gasteiger partial charge in [-0.3, -0.25) is 14.6 Å². The van der Waals surface area contributed by atoms with Crippen LogP contribution in [0.4, 0.5) is 0 Å². The molecule has 0 unspecified atom stereocenters. The minimum atomic E-state index is 0.0283. The molecule has 0 aliphatic rings. The maximum atomic E-state index is 11.3. The summed E-state index contributed by atoms with van der Waals surface area (Å²) in [7, 11) is 1.71. The largest absolute Gasteiger partial charge is 0.295 e. The lowest BCUT2D eigenvalue weighted by Gasteiger charge is -1.83. The van der Waals surface area contributed by atoms with E-state index < -0.39 is 0 Å². The average Bonchev–Trinajstić information content (AvgIpc) is 2.47. The van der Waals surface area contributed by atoms with Gasteiger partial charge in [-0.05, 0) is 12.1 Å². The highest BCUT2D eigenvalue weighted by Gasteiger charge is 1.99. The molecule has 13 heavy (non-hydrogen) atoms. The van der Waals surface area contributed by atoms with Crippen LogP contribution >= 0.6 is 0 Å². The minimum absolute atomic E-state index is 0.0283. The van der Waals surface area contributed by atoms with Gasteiger partial charge in [0.15, 0.2) is 0 Å². The van der Waals surface area contributed by atoms with E-state index in [0.717, 1.165) is 10.9 Å². The van der Waals surface area contributed by atoms with Crippen LogP contribution in [-0.4, -0.2) is 9.78 Å². The molecule has 0 amide bonds. The zero-order valence-corrected chi connectivity index (χ0v) is 8.16. The summed E-state index contributed by atoms with van der Waals surface area (Å²) in [6.45, 7) is 4.00. The maximum Gasteiger partial charge on any atom is 0.274 e. The zero-order valence-electron chi connectivity index (χ0n) is 8.16. The second kappa shape index (κ2) is 3.94. The molecule has 0 spiro atoms. The molecule has 0 atom stereocenters. The first kappa shape index (κ1) is 9.58. The maximum absolute atomic E-state index is 11.3. The fraction of sp³-hybridized carbons (Fsp3) is 0.300. The average molecular weight is 178 g/mol. The summed E-state index contributed by atoms with van der Waals surface area (Å²) in [6.07, 6.45) is 0. The van der Waals surface area contributed by atoms with Crippen molar-refractivity contribution in [3.05, 3.63) is 34.6 Å². The Labute approximate surface area is 77.0 Å². The number of nitrogens with zero attached hydrogens (tertiary/aromatic N) is 1. The van der Waals surface area contributed by atoms with Gasteiger partial charge in [-0.1, -0.05) is 26.0 Å². The third kappa shape index (κ3) is 1.64. The first-order valence-corrected chi connectivity index (χ1v) is 4.43. The second-order valence-electron chi connectivity index (χ2n) is 2.52. The number of rotatable bonds is 0. The predicted molar refractivity (Wildman–Crippen MR) is 54.9 cm³/mol. The zero-order chi connectivity index (χ0) is 9.84. The number of hydrogen-bond acceptors (Lipinski definition) is 1. The van der Waals surface area contributed by atoms with Gasteiger partial charge in [-0.2, -0.15) is 0 Å². The molecule has 0 bridgehead atoms. The molecule has 0 aliphatic carbocycles. The number of fused-ring (bicyclic) bond motifs is 1. The van der Waals surface area contributed by atoms with Crippen LogP contribution in [-0.2, 0) is 7.05 Å². The van der Waals surface area contributed by atoms with E-state index in [0.29, 0.717) is 0 Å². The van der Waals surface area contributed by atoms with Crippen molar-refractivity contribution in [2.45, 2.75) is 13.8 Å². The SMILES string of the molecule is CC.Cn1[nH]c2ccccc2c1=O. The molecule has 1 aromatic carbocycles. The quantitative estimate of drug-likeness (QED) is 0.657. The van der Waals surface area contributed by atoms with Crippen molar-refractivity contribution in [2.24, 2.45) is 7.05 Å². The monoisotopic (exact) mass is 178 g/mol. The van der Waals surface area contributed by atoms with Crippen LogP contribution in [0, 0.1) is 0 Å². The van der Waals surface area contributed by atoms with Gasteiger partial charge in [-0.15, -0.1) is 0 Å². The summed E-state index contributed by atoms with van der Waals surface area (Å²) < 4.78 is 1.48. The van der Waals surface area contributed by atoms with Crippen molar-refractivity contribution in [1.82, 2.24) is 9.78 Å². The Kier molecular flexibility index (Phi) is 2.90. The summed E-state index contributed by atoms with van der Waals surface area (Å²) in [6, 6.07) is 7.46. The smallest absolute Gasteiger partial charge is 0.274 e. The molecule has 3 nitrogen and oxygen atoms in total. The lowest BCUT2D eigenvalue weighted by Crippen LogP contribution is -2.10. The minimum Gasteiger partial charge on any atom is -0.295 e. The molecular formula is C10H14N2O. The number of aromatic nitrogens is 2. The molecule has 0 saturated heterocycles. The summed E-state index contributed by atoms with van der Waals surface area (Å²) in [4.78, 5) is 11.3. The van der Waals surface area contributed by atoms with E-state index in [9.17, 15) is 4.79 Å². The van der Waals surface area contributed by atoms with Gasteiger partial charge < -0.3 is 0 Å². The Morgan fingerprint density at radius 2 is 1.85 bits per heavy atom. The van der Waals surface area contributed by atoms with Gasteiger partial charge in [0.2, 0.25) is 0 Å². The molecule has 0 radical (unpaired) electrons. The fourth-order valence-corrected chi connectivity index (χ4v) is 1.18. The van der Waals surface area contributed by atoms with E-state index >= 15 is 0 Å². The van der Waals surface area contributed by atoms with Crippen molar-refractivity contribution in [3.63, 3.8) is 0 Å². The summed E-state index contributed by atoms with van der Waals surface area (Å²) in [5.41, 5.74) is 0.917. The van der Waals surface area contributed by atoms with Crippen LogP contribution in [0.15, 0.2) is 29.1 Å². The van der Waals surface area contributed by atoms with Crippen molar-refractivity contribution in [3.8, 4) is 0 Å².